The van der Waals surface area contributed by atoms with Gasteiger partial charge in [0.25, 0.3) is 0 Å². The first kappa shape index (κ1) is 28.0. The second-order valence-corrected chi connectivity index (χ2v) is 5.54. The lowest BCUT2D eigenvalue weighted by Gasteiger charge is -2.21. The van der Waals surface area contributed by atoms with Gasteiger partial charge in [-0.25, -0.2) is 28.8 Å². The number of carbonyl (C=O) groups excluding carboxylic acids is 4. The van der Waals surface area contributed by atoms with Gasteiger partial charge in [-0.1, -0.05) is 0 Å². The van der Waals surface area contributed by atoms with Gasteiger partial charge in [0, 0.05) is 56.1 Å². The number of rotatable bonds is 15. The third kappa shape index (κ3) is 16.9. The highest BCUT2D eigenvalue weighted by Crippen LogP contribution is 1.94. The third-order valence-electron chi connectivity index (χ3n) is 3.24. The average molecular weight is 457 g/mol. The number of carboxylic acids is 2. The van der Waals surface area contributed by atoms with Crippen LogP contribution in [0.4, 0.5) is 0 Å². The molecule has 0 atom stereocenters. The van der Waals surface area contributed by atoms with Crippen molar-refractivity contribution < 1.29 is 57.9 Å². The van der Waals surface area contributed by atoms with Gasteiger partial charge < -0.3 is 29.2 Å². The summed E-state index contributed by atoms with van der Waals surface area (Å²) in [7, 11) is 1.14. The highest BCUT2D eigenvalue weighted by atomic mass is 16.5. The van der Waals surface area contributed by atoms with Gasteiger partial charge in [-0.2, -0.15) is 0 Å². The van der Waals surface area contributed by atoms with E-state index < -0.39 is 35.8 Å². The van der Waals surface area contributed by atoms with E-state index in [4.69, 9.17) is 24.4 Å². The Morgan fingerprint density at radius 3 is 1.22 bits per heavy atom. The molecule has 0 spiro atoms. The summed E-state index contributed by atoms with van der Waals surface area (Å²) in [6.45, 7) is -0.0555. The quantitative estimate of drug-likeness (QED) is 0.172. The number of carbonyl (C=O) groups is 6. The number of nitrogens with zero attached hydrogens (tertiary/aromatic N) is 1. The Balaban J connectivity index is 4.61. The van der Waals surface area contributed by atoms with Crippen LogP contribution in [0.25, 0.3) is 0 Å². The van der Waals surface area contributed by atoms with Crippen molar-refractivity contribution in [1.82, 2.24) is 4.90 Å². The molecule has 0 aromatic heterocycles. The van der Waals surface area contributed by atoms with E-state index in [2.05, 4.69) is 4.74 Å². The Kier molecular flexibility index (Phi) is 14.7. The molecule has 13 nitrogen and oxygen atoms in total. The summed E-state index contributed by atoms with van der Waals surface area (Å²) in [6.07, 6.45) is 4.46. The van der Waals surface area contributed by atoms with E-state index in [0.717, 1.165) is 31.4 Å². The van der Waals surface area contributed by atoms with Crippen LogP contribution >= 0.6 is 0 Å². The fourth-order valence-electron chi connectivity index (χ4n) is 1.79. The van der Waals surface area contributed by atoms with Crippen LogP contribution < -0.4 is 0 Å². The minimum atomic E-state index is -1.31. The molecule has 176 valence electrons. The van der Waals surface area contributed by atoms with Gasteiger partial charge >= 0.3 is 35.8 Å². The van der Waals surface area contributed by atoms with Gasteiger partial charge in [-0.3, -0.25) is 4.90 Å². The summed E-state index contributed by atoms with van der Waals surface area (Å²) in [6, 6.07) is 0. The van der Waals surface area contributed by atoms with Crippen LogP contribution in [0.15, 0.2) is 36.5 Å². The maximum Gasteiger partial charge on any atom is 0.331 e. The Hall–Kier alpha value is -4.00. The molecular weight excluding hydrogens is 434 g/mol. The first-order valence-electron chi connectivity index (χ1n) is 8.94. The van der Waals surface area contributed by atoms with Gasteiger partial charge in [0.1, 0.15) is 19.8 Å². The van der Waals surface area contributed by atoms with Gasteiger partial charge in [0.15, 0.2) is 0 Å². The SMILES string of the molecule is COC(=O)/C=C\C(=O)OCCN(CCOC(=O)/C=C\C(=O)O)CCOC(=O)/C=C\C(=O)O. The van der Waals surface area contributed by atoms with Crippen molar-refractivity contribution >= 4 is 35.8 Å². The third-order valence-corrected chi connectivity index (χ3v) is 3.24. The van der Waals surface area contributed by atoms with Gasteiger partial charge in [0.05, 0.1) is 7.11 Å². The topological polar surface area (TPSA) is 183 Å². The van der Waals surface area contributed by atoms with Crippen LogP contribution in [-0.2, 0) is 47.7 Å². The first-order valence-corrected chi connectivity index (χ1v) is 8.94. The largest absolute Gasteiger partial charge is 0.478 e. The Morgan fingerprint density at radius 2 is 0.906 bits per heavy atom. The molecule has 0 saturated carbocycles. The van der Waals surface area contributed by atoms with Crippen LogP contribution in [0.5, 0.6) is 0 Å². The number of hydrogen-bond acceptors (Lipinski definition) is 11. The summed E-state index contributed by atoms with van der Waals surface area (Å²) in [5.74, 6) is -5.92. The van der Waals surface area contributed by atoms with E-state index in [1.165, 1.54) is 0 Å². The zero-order chi connectivity index (χ0) is 24.4. The zero-order valence-electron chi connectivity index (χ0n) is 17.1. The summed E-state index contributed by atoms with van der Waals surface area (Å²) >= 11 is 0. The molecule has 0 aromatic carbocycles. The molecule has 0 amide bonds. The van der Waals surface area contributed by atoms with Crippen LogP contribution in [0.3, 0.4) is 0 Å². The first-order chi connectivity index (χ1) is 15.1. The van der Waals surface area contributed by atoms with E-state index in [9.17, 15) is 28.8 Å². The van der Waals surface area contributed by atoms with Crippen molar-refractivity contribution in [2.45, 2.75) is 0 Å². The highest BCUT2D eigenvalue weighted by molar-refractivity contribution is 5.92. The van der Waals surface area contributed by atoms with Crippen LogP contribution in [-0.4, -0.2) is 97.5 Å². The second kappa shape index (κ2) is 16.8. The number of carboxylic acid groups (broad SMARTS) is 2. The lowest BCUT2D eigenvalue weighted by Crippen LogP contribution is -2.35. The van der Waals surface area contributed by atoms with Crippen LogP contribution in [0, 0.1) is 0 Å². The zero-order valence-corrected chi connectivity index (χ0v) is 17.1. The van der Waals surface area contributed by atoms with E-state index in [1.54, 1.807) is 4.90 Å². The number of esters is 4. The smallest absolute Gasteiger partial charge is 0.331 e. The van der Waals surface area contributed by atoms with Crippen molar-refractivity contribution in [2.75, 3.05) is 46.6 Å². The highest BCUT2D eigenvalue weighted by Gasteiger charge is 2.10. The fraction of sp³-hybridized carbons (Fsp3) is 0.368. The number of methoxy groups -OCH3 is 1. The normalized spacial score (nSPS) is 11.1. The van der Waals surface area contributed by atoms with Crippen LogP contribution in [0.1, 0.15) is 0 Å². The maximum absolute atomic E-state index is 11.5. The minimum absolute atomic E-state index is 0.116. The lowest BCUT2D eigenvalue weighted by atomic mass is 10.4. The summed E-state index contributed by atoms with van der Waals surface area (Å²) in [5, 5.41) is 16.9. The maximum atomic E-state index is 11.5. The van der Waals surface area contributed by atoms with Gasteiger partial charge in [-0.15, -0.1) is 0 Å². The van der Waals surface area contributed by atoms with E-state index >= 15 is 0 Å². The summed E-state index contributed by atoms with van der Waals surface area (Å²) in [4.78, 5) is 67.5. The lowest BCUT2D eigenvalue weighted by molar-refractivity contribution is -0.141. The van der Waals surface area contributed by atoms with Gasteiger partial charge in [0.2, 0.25) is 0 Å². The Bertz CT molecular complexity index is 726. The molecule has 13 heteroatoms. The molecule has 0 aliphatic heterocycles. The van der Waals surface area contributed by atoms with Crippen molar-refractivity contribution in [1.29, 1.82) is 0 Å². The second-order valence-electron chi connectivity index (χ2n) is 5.54. The van der Waals surface area contributed by atoms with Crippen molar-refractivity contribution in [3.63, 3.8) is 0 Å². The fourth-order valence-corrected chi connectivity index (χ4v) is 1.79. The predicted octanol–water partition coefficient (Wildman–Crippen LogP) is -1.07. The van der Waals surface area contributed by atoms with E-state index in [0.29, 0.717) is 12.2 Å². The molecule has 0 aliphatic carbocycles. The Morgan fingerprint density at radius 1 is 0.594 bits per heavy atom. The van der Waals surface area contributed by atoms with Crippen LogP contribution in [0.2, 0.25) is 0 Å². The van der Waals surface area contributed by atoms with Crippen molar-refractivity contribution in [3.05, 3.63) is 36.5 Å². The molecule has 0 bridgehead atoms. The number of ether oxygens (including phenoxy) is 4. The van der Waals surface area contributed by atoms with Crippen molar-refractivity contribution in [2.24, 2.45) is 0 Å². The molecular formula is C19H23NO12. The van der Waals surface area contributed by atoms with Crippen molar-refractivity contribution in [3.8, 4) is 0 Å². The molecule has 2 N–H and O–H groups in total. The summed E-state index contributed by atoms with van der Waals surface area (Å²) < 4.78 is 18.9. The molecule has 0 aliphatic rings. The molecule has 0 rings (SSSR count). The molecule has 0 saturated heterocycles. The summed E-state index contributed by atoms with van der Waals surface area (Å²) in [5.41, 5.74) is 0. The average Bonchev–Trinajstić information content (AvgIpc) is 2.74. The monoisotopic (exact) mass is 457 g/mol. The van der Waals surface area contributed by atoms with E-state index in [-0.39, 0.29) is 39.5 Å². The standard InChI is InChI=1S/C19H23NO12/c1-29-16(25)6-7-19(28)32-13-10-20(8-11-30-17(26)4-2-14(21)22)9-12-31-18(27)5-3-15(23)24/h2-7H,8-13H2,1H3,(H,21,22)(H,23,24)/b4-2-,5-3-,7-6-. The minimum Gasteiger partial charge on any atom is -0.478 e. The molecule has 0 heterocycles. The molecule has 0 unspecified atom stereocenters. The van der Waals surface area contributed by atoms with Gasteiger partial charge in [-0.05, 0) is 0 Å². The predicted molar refractivity (Wildman–Crippen MR) is 104 cm³/mol. The number of aliphatic carboxylic acids is 2. The van der Waals surface area contributed by atoms with E-state index in [1.807, 2.05) is 0 Å². The molecule has 0 radical (unpaired) electrons. The Labute approximate surface area is 182 Å². The number of hydrogen-bond donors (Lipinski definition) is 2. The molecule has 32 heavy (non-hydrogen) atoms. The molecule has 0 fully saturated rings. The molecule has 0 aromatic rings.